The van der Waals surface area contributed by atoms with Gasteiger partial charge in [-0.15, -0.1) is 0 Å². The van der Waals surface area contributed by atoms with E-state index in [0.29, 0.717) is 6.54 Å². The molecule has 76 valence electrons. The molecule has 1 atom stereocenters. The molecule has 0 spiro atoms. The Morgan fingerprint density at radius 2 is 2.31 bits per heavy atom. The van der Waals surface area contributed by atoms with Gasteiger partial charge in [-0.3, -0.25) is 9.69 Å². The fourth-order valence-electron chi connectivity index (χ4n) is 1.90. The van der Waals surface area contributed by atoms with E-state index in [1.54, 1.807) is 0 Å². The van der Waals surface area contributed by atoms with Crippen LogP contribution in [0.5, 0.6) is 0 Å². The monoisotopic (exact) mass is 185 g/mol. The van der Waals surface area contributed by atoms with E-state index in [2.05, 4.69) is 10.2 Å². The molecule has 0 aromatic heterocycles. The first-order valence-electron chi connectivity index (χ1n) is 4.68. The first kappa shape index (κ1) is 10.5. The van der Waals surface area contributed by atoms with E-state index >= 15 is 0 Å². The summed E-state index contributed by atoms with van der Waals surface area (Å²) in [6, 6.07) is -0.0435. The molecule has 1 rings (SSSR count). The van der Waals surface area contributed by atoms with Crippen molar-refractivity contribution in [2.45, 2.75) is 31.8 Å². The van der Waals surface area contributed by atoms with Gasteiger partial charge >= 0.3 is 0 Å². The average molecular weight is 185 g/mol. The number of rotatable bonds is 2. The zero-order valence-electron chi connectivity index (χ0n) is 8.63. The second-order valence-electron chi connectivity index (χ2n) is 4.38. The van der Waals surface area contributed by atoms with Gasteiger partial charge in [0.05, 0.1) is 6.04 Å². The summed E-state index contributed by atoms with van der Waals surface area (Å²) in [6.45, 7) is 5.49. The van der Waals surface area contributed by atoms with Crippen LogP contribution in [0, 0.1) is 0 Å². The Morgan fingerprint density at radius 1 is 1.69 bits per heavy atom. The summed E-state index contributed by atoms with van der Waals surface area (Å²) in [5, 5.41) is 2.98. The quantitative estimate of drug-likeness (QED) is 0.612. The van der Waals surface area contributed by atoms with Crippen molar-refractivity contribution in [1.82, 2.24) is 10.2 Å². The Bertz CT molecular complexity index is 203. The molecule has 0 saturated carbocycles. The second-order valence-corrected chi connectivity index (χ2v) is 4.38. The number of piperazine rings is 1. The molecule has 0 radical (unpaired) electrons. The van der Waals surface area contributed by atoms with Crippen LogP contribution in [0.1, 0.15) is 20.3 Å². The van der Waals surface area contributed by atoms with Crippen LogP contribution < -0.4 is 11.1 Å². The Morgan fingerprint density at radius 3 is 2.77 bits per heavy atom. The predicted octanol–water partition coefficient (Wildman–Crippen LogP) is -0.456. The Hall–Kier alpha value is -0.610. The van der Waals surface area contributed by atoms with Crippen LogP contribution >= 0.6 is 0 Å². The van der Waals surface area contributed by atoms with Crippen molar-refractivity contribution >= 4 is 5.91 Å². The van der Waals surface area contributed by atoms with Gasteiger partial charge in [0.1, 0.15) is 0 Å². The van der Waals surface area contributed by atoms with Gasteiger partial charge in [-0.25, -0.2) is 0 Å². The summed E-state index contributed by atoms with van der Waals surface area (Å²) >= 11 is 0. The molecule has 1 aliphatic heterocycles. The molecule has 1 amide bonds. The Balaban J connectivity index is 2.65. The number of carbonyl (C=O) groups is 1. The van der Waals surface area contributed by atoms with Crippen molar-refractivity contribution in [2.75, 3.05) is 20.1 Å². The van der Waals surface area contributed by atoms with Gasteiger partial charge in [-0.1, -0.05) is 0 Å². The second kappa shape index (κ2) is 3.64. The number of hydrogen-bond acceptors (Lipinski definition) is 3. The summed E-state index contributed by atoms with van der Waals surface area (Å²) in [5.41, 5.74) is 5.33. The van der Waals surface area contributed by atoms with Crippen molar-refractivity contribution < 1.29 is 4.79 Å². The number of nitrogens with two attached hydrogens (primary N) is 1. The summed E-state index contributed by atoms with van der Waals surface area (Å²) in [5.74, 6) is 0.101. The minimum Gasteiger partial charge on any atom is -0.349 e. The lowest BCUT2D eigenvalue weighted by atomic mass is 9.97. The van der Waals surface area contributed by atoms with Gasteiger partial charge in [0, 0.05) is 12.1 Å². The van der Waals surface area contributed by atoms with Crippen molar-refractivity contribution in [3.8, 4) is 0 Å². The zero-order chi connectivity index (χ0) is 10.1. The van der Waals surface area contributed by atoms with Crippen LogP contribution in [0.2, 0.25) is 0 Å². The molecule has 0 aromatic carbocycles. The molecule has 0 aliphatic carbocycles. The molecule has 4 heteroatoms. The smallest absolute Gasteiger partial charge is 0.237 e. The Kier molecular flexibility index (Phi) is 2.93. The predicted molar refractivity (Wildman–Crippen MR) is 52.3 cm³/mol. The Labute approximate surface area is 79.5 Å². The molecule has 1 aliphatic rings. The molecule has 4 nitrogen and oxygen atoms in total. The van der Waals surface area contributed by atoms with E-state index in [9.17, 15) is 4.79 Å². The summed E-state index contributed by atoms with van der Waals surface area (Å²) in [7, 11) is 1.97. The maximum Gasteiger partial charge on any atom is 0.237 e. The highest BCUT2D eigenvalue weighted by Crippen LogP contribution is 2.15. The van der Waals surface area contributed by atoms with E-state index in [1.165, 1.54) is 0 Å². The van der Waals surface area contributed by atoms with Crippen LogP contribution in [-0.2, 0) is 4.79 Å². The maximum atomic E-state index is 11.6. The lowest BCUT2D eigenvalue weighted by Crippen LogP contribution is -2.63. The van der Waals surface area contributed by atoms with Gasteiger partial charge < -0.3 is 11.1 Å². The average Bonchev–Trinajstić information content (AvgIpc) is 1.94. The van der Waals surface area contributed by atoms with Crippen molar-refractivity contribution in [3.63, 3.8) is 0 Å². The number of hydrogen-bond donors (Lipinski definition) is 2. The first-order valence-corrected chi connectivity index (χ1v) is 4.68. The normalized spacial score (nSPS) is 28.6. The van der Waals surface area contributed by atoms with Gasteiger partial charge in [-0.05, 0) is 33.9 Å². The number of nitrogens with one attached hydrogen (secondary N) is 1. The third-order valence-corrected chi connectivity index (χ3v) is 2.38. The molecule has 0 bridgehead atoms. The molecule has 1 unspecified atom stereocenters. The van der Waals surface area contributed by atoms with Gasteiger partial charge in [-0.2, -0.15) is 0 Å². The number of nitrogens with zero attached hydrogens (tertiary/aromatic N) is 1. The molecule has 1 fully saturated rings. The lowest BCUT2D eigenvalue weighted by Gasteiger charge is -2.41. The molecule has 13 heavy (non-hydrogen) atoms. The fraction of sp³-hybridized carbons (Fsp3) is 0.889. The van der Waals surface area contributed by atoms with E-state index in [-0.39, 0.29) is 17.5 Å². The number of amides is 1. The topological polar surface area (TPSA) is 58.4 Å². The van der Waals surface area contributed by atoms with Crippen LogP contribution in [0.4, 0.5) is 0 Å². The zero-order valence-corrected chi connectivity index (χ0v) is 8.63. The first-order chi connectivity index (χ1) is 5.96. The van der Waals surface area contributed by atoms with E-state index in [0.717, 1.165) is 13.0 Å². The van der Waals surface area contributed by atoms with Crippen LogP contribution in [0.3, 0.4) is 0 Å². The van der Waals surface area contributed by atoms with E-state index < -0.39 is 0 Å². The van der Waals surface area contributed by atoms with E-state index in [4.69, 9.17) is 5.73 Å². The summed E-state index contributed by atoms with van der Waals surface area (Å²) < 4.78 is 0. The largest absolute Gasteiger partial charge is 0.349 e. The number of carbonyl (C=O) groups excluding carboxylic acids is 1. The molecule has 0 aromatic rings. The SMILES string of the molecule is CN1CC(C)(C)NC(=O)C1CCN. The highest BCUT2D eigenvalue weighted by atomic mass is 16.2. The fourth-order valence-corrected chi connectivity index (χ4v) is 1.90. The minimum absolute atomic E-state index is 0.0435. The maximum absolute atomic E-state index is 11.6. The van der Waals surface area contributed by atoms with E-state index in [1.807, 2.05) is 20.9 Å². The third-order valence-electron chi connectivity index (χ3n) is 2.38. The van der Waals surface area contributed by atoms with Crippen LogP contribution in [-0.4, -0.2) is 42.5 Å². The lowest BCUT2D eigenvalue weighted by molar-refractivity contribution is -0.132. The molecular formula is C9H19N3O. The van der Waals surface area contributed by atoms with Crippen molar-refractivity contribution in [1.29, 1.82) is 0 Å². The van der Waals surface area contributed by atoms with Gasteiger partial charge in [0.15, 0.2) is 0 Å². The highest BCUT2D eigenvalue weighted by Gasteiger charge is 2.35. The summed E-state index contributed by atoms with van der Waals surface area (Å²) in [4.78, 5) is 13.7. The van der Waals surface area contributed by atoms with Crippen molar-refractivity contribution in [3.05, 3.63) is 0 Å². The van der Waals surface area contributed by atoms with Gasteiger partial charge in [0.25, 0.3) is 0 Å². The van der Waals surface area contributed by atoms with Crippen LogP contribution in [0.25, 0.3) is 0 Å². The standard InChI is InChI=1S/C9H19N3O/c1-9(2)6-12(3)7(4-5-10)8(13)11-9/h7H,4-6,10H2,1-3H3,(H,11,13). The summed E-state index contributed by atoms with van der Waals surface area (Å²) in [6.07, 6.45) is 0.735. The minimum atomic E-state index is -0.114. The third kappa shape index (κ3) is 2.42. The molecule has 1 heterocycles. The van der Waals surface area contributed by atoms with Gasteiger partial charge in [0.2, 0.25) is 5.91 Å². The molecular weight excluding hydrogens is 166 g/mol. The number of likely N-dealkylation sites (N-methyl/N-ethyl adjacent to an activating group) is 1. The molecule has 3 N–H and O–H groups in total. The highest BCUT2D eigenvalue weighted by molar-refractivity contribution is 5.83. The van der Waals surface area contributed by atoms with Crippen molar-refractivity contribution in [2.24, 2.45) is 5.73 Å². The molecule has 1 saturated heterocycles. The van der Waals surface area contributed by atoms with Crippen LogP contribution in [0.15, 0.2) is 0 Å².